The van der Waals surface area contributed by atoms with Crippen molar-refractivity contribution in [2.24, 2.45) is 11.3 Å². The first-order valence-corrected chi connectivity index (χ1v) is 6.88. The van der Waals surface area contributed by atoms with Gasteiger partial charge in [0.25, 0.3) is 0 Å². The fraction of sp³-hybridized carbons (Fsp3) is 0.625. The molecule has 0 saturated heterocycles. The first-order chi connectivity index (χ1) is 8.77. The van der Waals surface area contributed by atoms with Crippen LogP contribution in [-0.2, 0) is 0 Å². The largest absolute Gasteiger partial charge is 0.507 e. The van der Waals surface area contributed by atoms with E-state index in [2.05, 4.69) is 39.9 Å². The van der Waals surface area contributed by atoms with Gasteiger partial charge >= 0.3 is 0 Å². The summed E-state index contributed by atoms with van der Waals surface area (Å²) in [5.41, 5.74) is 1.14. The number of ether oxygens (including phenoxy) is 1. The van der Waals surface area contributed by atoms with Crippen molar-refractivity contribution < 1.29 is 9.84 Å². The van der Waals surface area contributed by atoms with E-state index < -0.39 is 0 Å². The predicted octanol–water partition coefficient (Wildman–Crippen LogP) is 3.73. The average Bonchev–Trinajstić information content (AvgIpc) is 2.35. The molecule has 3 nitrogen and oxygen atoms in total. The Balaban J connectivity index is 2.71. The lowest BCUT2D eigenvalue weighted by Gasteiger charge is -2.31. The van der Waals surface area contributed by atoms with E-state index in [1.54, 1.807) is 13.2 Å². The summed E-state index contributed by atoms with van der Waals surface area (Å²) in [4.78, 5) is 0. The molecule has 1 aromatic rings. The van der Waals surface area contributed by atoms with Gasteiger partial charge in [-0.1, -0.05) is 33.8 Å². The minimum Gasteiger partial charge on any atom is -0.507 e. The summed E-state index contributed by atoms with van der Waals surface area (Å²) < 4.78 is 5.10. The van der Waals surface area contributed by atoms with Crippen LogP contribution in [0.4, 0.5) is 0 Å². The minimum atomic E-state index is 0.115. The Labute approximate surface area is 117 Å². The second-order valence-electron chi connectivity index (χ2n) is 6.17. The molecule has 1 atom stereocenters. The Kier molecular flexibility index (Phi) is 5.24. The van der Waals surface area contributed by atoms with Crippen molar-refractivity contribution in [2.75, 3.05) is 13.7 Å². The van der Waals surface area contributed by atoms with Gasteiger partial charge < -0.3 is 15.2 Å². The molecular formula is C16H27NO2. The molecule has 0 fully saturated rings. The third-order valence-corrected chi connectivity index (χ3v) is 4.13. The molecule has 0 heterocycles. The highest BCUT2D eigenvalue weighted by molar-refractivity contribution is 5.41. The molecule has 0 saturated carbocycles. The van der Waals surface area contributed by atoms with Crippen LogP contribution in [0.15, 0.2) is 18.2 Å². The SMILES string of the molecule is COc1ccc(C(C)NCC(C)(C)C(C)C)c(O)c1. The van der Waals surface area contributed by atoms with Crippen LogP contribution in [0.1, 0.15) is 46.2 Å². The van der Waals surface area contributed by atoms with Crippen LogP contribution in [0, 0.1) is 11.3 Å². The lowest BCUT2D eigenvalue weighted by Crippen LogP contribution is -2.34. The van der Waals surface area contributed by atoms with Gasteiger partial charge in [0.15, 0.2) is 0 Å². The topological polar surface area (TPSA) is 41.5 Å². The molecule has 108 valence electrons. The van der Waals surface area contributed by atoms with E-state index in [4.69, 9.17) is 4.74 Å². The maximum absolute atomic E-state index is 10.0. The second kappa shape index (κ2) is 6.29. The smallest absolute Gasteiger partial charge is 0.124 e. The van der Waals surface area contributed by atoms with Gasteiger partial charge in [-0.3, -0.25) is 0 Å². The molecule has 0 aliphatic carbocycles. The number of rotatable bonds is 6. The molecule has 1 rings (SSSR count). The molecule has 0 aliphatic heterocycles. The Bertz CT molecular complexity index is 413. The zero-order valence-electron chi connectivity index (χ0n) is 12.9. The van der Waals surface area contributed by atoms with E-state index >= 15 is 0 Å². The fourth-order valence-corrected chi connectivity index (χ4v) is 1.75. The number of methoxy groups -OCH3 is 1. The molecule has 3 heteroatoms. The van der Waals surface area contributed by atoms with Crippen molar-refractivity contribution in [3.63, 3.8) is 0 Å². The minimum absolute atomic E-state index is 0.115. The molecule has 0 radical (unpaired) electrons. The fourth-order valence-electron chi connectivity index (χ4n) is 1.75. The predicted molar refractivity (Wildman–Crippen MR) is 79.7 cm³/mol. The first kappa shape index (κ1) is 15.8. The Morgan fingerprint density at radius 2 is 1.89 bits per heavy atom. The van der Waals surface area contributed by atoms with E-state index in [0.717, 1.165) is 12.1 Å². The molecule has 0 spiro atoms. The van der Waals surface area contributed by atoms with Gasteiger partial charge in [-0.05, 0) is 24.3 Å². The van der Waals surface area contributed by atoms with Crippen molar-refractivity contribution in [1.82, 2.24) is 5.32 Å². The molecule has 0 aromatic heterocycles. The summed E-state index contributed by atoms with van der Waals surface area (Å²) in [5, 5.41) is 13.5. The van der Waals surface area contributed by atoms with Crippen LogP contribution < -0.4 is 10.1 Å². The molecule has 19 heavy (non-hydrogen) atoms. The van der Waals surface area contributed by atoms with Crippen LogP contribution in [0.25, 0.3) is 0 Å². The molecular weight excluding hydrogens is 238 g/mol. The number of aromatic hydroxyl groups is 1. The van der Waals surface area contributed by atoms with Crippen molar-refractivity contribution >= 4 is 0 Å². The third-order valence-electron chi connectivity index (χ3n) is 4.13. The monoisotopic (exact) mass is 265 g/mol. The van der Waals surface area contributed by atoms with Crippen LogP contribution in [0.2, 0.25) is 0 Å². The molecule has 1 aromatic carbocycles. The van der Waals surface area contributed by atoms with Gasteiger partial charge in [-0.2, -0.15) is 0 Å². The van der Waals surface area contributed by atoms with E-state index in [1.165, 1.54) is 0 Å². The summed E-state index contributed by atoms with van der Waals surface area (Å²) in [6.07, 6.45) is 0. The van der Waals surface area contributed by atoms with Crippen molar-refractivity contribution in [3.05, 3.63) is 23.8 Å². The van der Waals surface area contributed by atoms with Crippen molar-refractivity contribution in [1.29, 1.82) is 0 Å². The molecule has 2 N–H and O–H groups in total. The van der Waals surface area contributed by atoms with Gasteiger partial charge in [-0.25, -0.2) is 0 Å². The quantitative estimate of drug-likeness (QED) is 0.823. The summed E-state index contributed by atoms with van der Waals surface area (Å²) in [7, 11) is 1.60. The van der Waals surface area contributed by atoms with Gasteiger partial charge in [-0.15, -0.1) is 0 Å². The van der Waals surface area contributed by atoms with E-state index in [1.807, 2.05) is 12.1 Å². The van der Waals surface area contributed by atoms with E-state index in [-0.39, 0.29) is 17.2 Å². The maximum atomic E-state index is 10.0. The first-order valence-electron chi connectivity index (χ1n) is 6.88. The Morgan fingerprint density at radius 1 is 1.26 bits per heavy atom. The number of benzene rings is 1. The normalized spacial score (nSPS) is 13.6. The lowest BCUT2D eigenvalue weighted by molar-refractivity contribution is 0.230. The highest BCUT2D eigenvalue weighted by atomic mass is 16.5. The van der Waals surface area contributed by atoms with Crippen molar-refractivity contribution in [3.8, 4) is 11.5 Å². The maximum Gasteiger partial charge on any atom is 0.124 e. The summed E-state index contributed by atoms with van der Waals surface area (Å²) in [6, 6.07) is 5.56. The standard InChI is InChI=1S/C16H27NO2/c1-11(2)16(4,5)10-17-12(3)14-8-7-13(19-6)9-15(14)18/h7-9,11-12,17-18H,10H2,1-6H3. The van der Waals surface area contributed by atoms with Gasteiger partial charge in [0.2, 0.25) is 0 Å². The highest BCUT2D eigenvalue weighted by Crippen LogP contribution is 2.30. The number of nitrogens with one attached hydrogen (secondary N) is 1. The zero-order chi connectivity index (χ0) is 14.6. The van der Waals surface area contributed by atoms with E-state index in [9.17, 15) is 5.11 Å². The molecule has 0 bridgehead atoms. The highest BCUT2D eigenvalue weighted by Gasteiger charge is 2.23. The summed E-state index contributed by atoms with van der Waals surface area (Å²) in [5.74, 6) is 1.56. The number of phenols is 1. The number of phenolic OH excluding ortho intramolecular Hbond substituents is 1. The van der Waals surface area contributed by atoms with Crippen LogP contribution in [-0.4, -0.2) is 18.8 Å². The zero-order valence-corrected chi connectivity index (χ0v) is 12.9. The van der Waals surface area contributed by atoms with Gasteiger partial charge in [0.05, 0.1) is 7.11 Å². The van der Waals surface area contributed by atoms with Gasteiger partial charge in [0.1, 0.15) is 11.5 Å². The lowest BCUT2D eigenvalue weighted by atomic mass is 9.81. The van der Waals surface area contributed by atoms with Crippen molar-refractivity contribution in [2.45, 2.75) is 40.7 Å². The number of hydrogen-bond donors (Lipinski definition) is 2. The second-order valence-corrected chi connectivity index (χ2v) is 6.17. The van der Waals surface area contributed by atoms with Crippen LogP contribution in [0.3, 0.4) is 0 Å². The van der Waals surface area contributed by atoms with E-state index in [0.29, 0.717) is 11.7 Å². The molecule has 0 aliphatic rings. The average molecular weight is 265 g/mol. The van der Waals surface area contributed by atoms with Crippen LogP contribution >= 0.6 is 0 Å². The summed E-state index contributed by atoms with van der Waals surface area (Å²) in [6.45, 7) is 12.0. The Morgan fingerprint density at radius 3 is 2.37 bits per heavy atom. The van der Waals surface area contributed by atoms with Gasteiger partial charge in [0, 0.05) is 24.2 Å². The number of hydrogen-bond acceptors (Lipinski definition) is 3. The molecule has 1 unspecified atom stereocenters. The Hall–Kier alpha value is -1.22. The van der Waals surface area contributed by atoms with Crippen LogP contribution in [0.5, 0.6) is 11.5 Å². The third kappa shape index (κ3) is 4.13. The summed E-state index contributed by atoms with van der Waals surface area (Å²) >= 11 is 0. The molecule has 0 amide bonds.